The zero-order chi connectivity index (χ0) is 22.9. The van der Waals surface area contributed by atoms with Crippen molar-refractivity contribution >= 4 is 46.1 Å². The monoisotopic (exact) mass is 461 g/mol. The van der Waals surface area contributed by atoms with Crippen LogP contribution in [0, 0.1) is 5.82 Å². The molecule has 2 aliphatic heterocycles. The number of benzene rings is 3. The molecule has 1 fully saturated rings. The molecule has 2 aliphatic rings. The number of carbonyl (C=O) groups excluding carboxylic acids is 2. The molecule has 0 saturated carbocycles. The van der Waals surface area contributed by atoms with Gasteiger partial charge in [-0.15, -0.1) is 0 Å². The molecule has 2 heterocycles. The summed E-state index contributed by atoms with van der Waals surface area (Å²) in [5.41, 5.74) is 2.48. The van der Waals surface area contributed by atoms with Crippen LogP contribution in [0.4, 0.5) is 21.5 Å². The Balaban J connectivity index is 1.53. The number of nitrogens with one attached hydrogen (secondary N) is 1. The highest BCUT2D eigenvalue weighted by Gasteiger charge is 2.41. The first kappa shape index (κ1) is 21.2. The van der Waals surface area contributed by atoms with Gasteiger partial charge in [-0.3, -0.25) is 9.59 Å². The Bertz CT molecular complexity index is 1250. The number of imide groups is 1. The van der Waals surface area contributed by atoms with E-state index in [1.807, 2.05) is 24.3 Å². The van der Waals surface area contributed by atoms with E-state index in [-0.39, 0.29) is 17.0 Å². The second kappa shape index (κ2) is 8.71. The Morgan fingerprint density at radius 3 is 2.15 bits per heavy atom. The number of rotatable bonds is 5. The fourth-order valence-corrected chi connectivity index (χ4v) is 4.38. The molecule has 0 spiro atoms. The summed E-state index contributed by atoms with van der Waals surface area (Å²) in [6.45, 7) is 2.06. The summed E-state index contributed by atoms with van der Waals surface area (Å²) >= 11 is 6.02. The number of hydrogen-bond acceptors (Lipinski definition) is 4. The quantitative estimate of drug-likeness (QED) is 0.511. The highest BCUT2D eigenvalue weighted by Crippen LogP contribution is 2.35. The zero-order valence-electron chi connectivity index (χ0n) is 17.7. The third-order valence-electron chi connectivity index (χ3n) is 5.92. The van der Waals surface area contributed by atoms with Gasteiger partial charge >= 0.3 is 0 Å². The summed E-state index contributed by atoms with van der Waals surface area (Å²) in [5, 5.41) is 3.62. The Morgan fingerprint density at radius 2 is 1.48 bits per heavy atom. The van der Waals surface area contributed by atoms with Crippen LogP contribution in [0.25, 0.3) is 5.57 Å². The van der Waals surface area contributed by atoms with Gasteiger partial charge in [0.05, 0.1) is 11.3 Å². The van der Waals surface area contributed by atoms with Gasteiger partial charge in [-0.1, -0.05) is 35.9 Å². The molecule has 33 heavy (non-hydrogen) atoms. The van der Waals surface area contributed by atoms with Crippen molar-refractivity contribution < 1.29 is 14.0 Å². The molecule has 5 rings (SSSR count). The lowest BCUT2D eigenvalue weighted by Crippen LogP contribution is -2.33. The predicted molar refractivity (Wildman–Crippen MR) is 129 cm³/mol. The zero-order valence-corrected chi connectivity index (χ0v) is 18.5. The molecule has 0 aliphatic carbocycles. The summed E-state index contributed by atoms with van der Waals surface area (Å²) in [6, 6.07) is 20.1. The Hall–Kier alpha value is -3.64. The number of para-hydroxylation sites is 1. The highest BCUT2D eigenvalue weighted by atomic mass is 35.5. The molecule has 7 heteroatoms. The largest absolute Gasteiger partial charge is 0.372 e. The molecule has 0 unspecified atom stereocenters. The maximum absolute atomic E-state index is 14.5. The maximum atomic E-state index is 14.5. The normalized spacial score (nSPS) is 16.2. The van der Waals surface area contributed by atoms with Crippen molar-refractivity contribution in [2.45, 2.75) is 12.8 Å². The van der Waals surface area contributed by atoms with Gasteiger partial charge in [-0.25, -0.2) is 9.29 Å². The third-order valence-corrected chi connectivity index (χ3v) is 6.17. The molecule has 1 saturated heterocycles. The fraction of sp³-hybridized carbons (Fsp3) is 0.154. The molecule has 0 aromatic heterocycles. The maximum Gasteiger partial charge on any atom is 0.282 e. The van der Waals surface area contributed by atoms with E-state index in [1.54, 1.807) is 30.3 Å². The molecule has 1 N–H and O–H groups in total. The summed E-state index contributed by atoms with van der Waals surface area (Å²) in [6.07, 6.45) is 2.36. The van der Waals surface area contributed by atoms with E-state index in [2.05, 4.69) is 10.2 Å². The number of anilines is 3. The van der Waals surface area contributed by atoms with Crippen molar-refractivity contribution in [1.82, 2.24) is 0 Å². The molecular formula is C26H21ClFN3O2. The van der Waals surface area contributed by atoms with Crippen molar-refractivity contribution in [3.8, 4) is 0 Å². The van der Waals surface area contributed by atoms with Gasteiger partial charge in [0, 0.05) is 29.5 Å². The topological polar surface area (TPSA) is 52.7 Å². The number of nitrogens with zero attached hydrogens (tertiary/aromatic N) is 2. The van der Waals surface area contributed by atoms with E-state index in [9.17, 15) is 14.0 Å². The summed E-state index contributed by atoms with van der Waals surface area (Å²) in [4.78, 5) is 30.0. The van der Waals surface area contributed by atoms with Gasteiger partial charge in [0.2, 0.25) is 0 Å². The SMILES string of the molecule is O=C1C(Nc2ccc(N3CCCC3)cc2)=C(c2ccc(Cl)cc2)C(=O)N1c1ccccc1F. The van der Waals surface area contributed by atoms with E-state index in [4.69, 9.17) is 11.6 Å². The molecule has 0 radical (unpaired) electrons. The number of amides is 2. The lowest BCUT2D eigenvalue weighted by molar-refractivity contribution is -0.120. The van der Waals surface area contributed by atoms with E-state index < -0.39 is 17.6 Å². The standard InChI is InChI=1S/C26H21ClFN3O2/c27-18-9-7-17(8-10-18)23-24(26(33)31(25(23)32)22-6-2-1-5-21(22)28)29-19-11-13-20(14-12-19)30-15-3-4-16-30/h1-2,5-14,29H,3-4,15-16H2. The number of carbonyl (C=O) groups is 2. The molecule has 3 aromatic rings. The fourth-order valence-electron chi connectivity index (χ4n) is 4.26. The van der Waals surface area contributed by atoms with Crippen LogP contribution in [0.3, 0.4) is 0 Å². The van der Waals surface area contributed by atoms with E-state index in [1.165, 1.54) is 31.0 Å². The average Bonchev–Trinajstić information content (AvgIpc) is 3.44. The van der Waals surface area contributed by atoms with E-state index in [0.29, 0.717) is 16.3 Å². The van der Waals surface area contributed by atoms with Crippen LogP contribution in [-0.2, 0) is 9.59 Å². The summed E-state index contributed by atoms with van der Waals surface area (Å²) < 4.78 is 14.5. The minimum absolute atomic E-state index is 0.0832. The van der Waals surface area contributed by atoms with Crippen LogP contribution in [0.5, 0.6) is 0 Å². The van der Waals surface area contributed by atoms with Crippen molar-refractivity contribution in [2.75, 3.05) is 28.2 Å². The predicted octanol–water partition coefficient (Wildman–Crippen LogP) is 5.48. The molecule has 0 atom stereocenters. The van der Waals surface area contributed by atoms with Crippen LogP contribution in [0.15, 0.2) is 78.5 Å². The van der Waals surface area contributed by atoms with Crippen molar-refractivity contribution in [2.24, 2.45) is 0 Å². The van der Waals surface area contributed by atoms with Crippen LogP contribution < -0.4 is 15.1 Å². The van der Waals surface area contributed by atoms with Crippen LogP contribution in [0.1, 0.15) is 18.4 Å². The molecule has 3 aromatic carbocycles. The number of halogens is 2. The highest BCUT2D eigenvalue weighted by molar-refractivity contribution is 6.46. The molecule has 0 bridgehead atoms. The van der Waals surface area contributed by atoms with Crippen LogP contribution >= 0.6 is 11.6 Å². The van der Waals surface area contributed by atoms with Gasteiger partial charge in [-0.2, -0.15) is 0 Å². The molecule has 5 nitrogen and oxygen atoms in total. The smallest absolute Gasteiger partial charge is 0.282 e. The Morgan fingerprint density at radius 1 is 0.818 bits per heavy atom. The van der Waals surface area contributed by atoms with Gasteiger partial charge in [0.15, 0.2) is 0 Å². The first-order valence-electron chi connectivity index (χ1n) is 10.8. The van der Waals surface area contributed by atoms with Gasteiger partial charge < -0.3 is 10.2 Å². The Labute approximate surface area is 196 Å². The van der Waals surface area contributed by atoms with E-state index >= 15 is 0 Å². The lowest BCUT2D eigenvalue weighted by atomic mass is 10.0. The second-order valence-corrected chi connectivity index (χ2v) is 8.46. The minimum atomic E-state index is -0.647. The minimum Gasteiger partial charge on any atom is -0.372 e. The van der Waals surface area contributed by atoms with Crippen LogP contribution in [0.2, 0.25) is 5.02 Å². The summed E-state index contributed by atoms with van der Waals surface area (Å²) in [7, 11) is 0. The van der Waals surface area contributed by atoms with Crippen LogP contribution in [-0.4, -0.2) is 24.9 Å². The third kappa shape index (κ3) is 3.98. The first-order valence-corrected chi connectivity index (χ1v) is 11.2. The van der Waals surface area contributed by atoms with Gasteiger partial charge in [0.1, 0.15) is 11.5 Å². The van der Waals surface area contributed by atoms with Gasteiger partial charge in [0.25, 0.3) is 11.8 Å². The lowest BCUT2D eigenvalue weighted by Gasteiger charge is -2.18. The first-order chi connectivity index (χ1) is 16.0. The molecular weight excluding hydrogens is 441 g/mol. The average molecular weight is 462 g/mol. The van der Waals surface area contributed by atoms with Crippen molar-refractivity contribution in [3.63, 3.8) is 0 Å². The molecule has 166 valence electrons. The second-order valence-electron chi connectivity index (χ2n) is 8.02. The Kier molecular flexibility index (Phi) is 5.60. The van der Waals surface area contributed by atoms with Gasteiger partial charge in [-0.05, 0) is 66.9 Å². The van der Waals surface area contributed by atoms with Crippen molar-refractivity contribution in [1.29, 1.82) is 0 Å². The number of hydrogen-bond donors (Lipinski definition) is 1. The van der Waals surface area contributed by atoms with E-state index in [0.717, 1.165) is 23.7 Å². The molecule has 2 amide bonds. The van der Waals surface area contributed by atoms with Crippen molar-refractivity contribution in [3.05, 3.63) is 94.9 Å². The summed E-state index contributed by atoms with van der Waals surface area (Å²) in [5.74, 6) is -1.85.